The van der Waals surface area contributed by atoms with Gasteiger partial charge in [-0.25, -0.2) is 0 Å². The summed E-state index contributed by atoms with van der Waals surface area (Å²) in [6.07, 6.45) is 0. The van der Waals surface area contributed by atoms with Gasteiger partial charge < -0.3 is 0 Å². The molecule has 0 aliphatic rings. The van der Waals surface area contributed by atoms with Gasteiger partial charge in [0.25, 0.3) is 0 Å². The van der Waals surface area contributed by atoms with Crippen molar-refractivity contribution >= 4 is 14.5 Å². The van der Waals surface area contributed by atoms with Crippen molar-refractivity contribution in [3.63, 3.8) is 0 Å². The number of aryl methyl sites for hydroxylation is 3. The molecule has 1 aromatic rings. The van der Waals surface area contributed by atoms with Crippen LogP contribution in [0.3, 0.4) is 0 Å². The average Bonchev–Trinajstić information content (AvgIpc) is 2.10. The molecule has 14 heavy (non-hydrogen) atoms. The predicted molar refractivity (Wildman–Crippen MR) is 67.6 cm³/mol. The minimum atomic E-state index is 1.25. The van der Waals surface area contributed by atoms with E-state index in [1.54, 1.807) is 0 Å². The van der Waals surface area contributed by atoms with Crippen molar-refractivity contribution in [2.45, 2.75) is 20.8 Å². The van der Waals surface area contributed by atoms with Crippen molar-refractivity contribution < 1.29 is 0 Å². The van der Waals surface area contributed by atoms with E-state index in [1.165, 1.54) is 22.0 Å². The summed E-state index contributed by atoms with van der Waals surface area (Å²) in [5, 5.41) is 1.25. The van der Waals surface area contributed by atoms with Gasteiger partial charge in [-0.2, -0.15) is 0 Å². The summed E-state index contributed by atoms with van der Waals surface area (Å²) in [6, 6.07) is 12.8. The number of rotatable bonds is 0. The molecule has 0 bridgehead atoms. The maximum atomic E-state index is 2.78. The third kappa shape index (κ3) is 3.47. The lowest BCUT2D eigenvalue weighted by molar-refractivity contribution is 1.41. The Kier molecular flexibility index (Phi) is 4.10. The maximum absolute atomic E-state index is 2.78. The molecule has 0 aliphatic heterocycles. The normalized spacial score (nSPS) is 9.43. The summed E-state index contributed by atoms with van der Waals surface area (Å²) in [5.74, 6) is 0. The zero-order valence-electron chi connectivity index (χ0n) is 9.04. The summed E-state index contributed by atoms with van der Waals surface area (Å²) < 4.78 is 0. The van der Waals surface area contributed by atoms with Gasteiger partial charge in [-0.05, 0) is 31.6 Å². The fourth-order valence-corrected chi connectivity index (χ4v) is 1.67. The molecule has 1 heteroatoms. The first-order valence-electron chi connectivity index (χ1n) is 4.77. The Morgan fingerprint density at radius 3 is 2.21 bits per heavy atom. The molecule has 0 heterocycles. The quantitative estimate of drug-likeness (QED) is 0.569. The third-order valence-corrected chi connectivity index (χ3v) is 2.73. The Balaban J connectivity index is 3.45. The fraction of sp³-hybridized carbons (Fsp3) is 0.231. The van der Waals surface area contributed by atoms with E-state index >= 15 is 0 Å². The molecule has 0 radical (unpaired) electrons. The van der Waals surface area contributed by atoms with Gasteiger partial charge in [0.2, 0.25) is 0 Å². The van der Waals surface area contributed by atoms with Crippen molar-refractivity contribution in [3.05, 3.63) is 53.1 Å². The first-order chi connectivity index (χ1) is 6.59. The van der Waals surface area contributed by atoms with Crippen LogP contribution in [-0.4, -0.2) is 0 Å². The highest BCUT2D eigenvalue weighted by Crippen LogP contribution is 2.01. The van der Waals surface area contributed by atoms with Crippen LogP contribution < -0.4 is 5.30 Å². The monoisotopic (exact) mass is 204 g/mol. The van der Waals surface area contributed by atoms with E-state index in [1.807, 2.05) is 0 Å². The highest BCUT2D eigenvalue weighted by Gasteiger charge is 1.87. The van der Waals surface area contributed by atoms with Gasteiger partial charge in [0.05, 0.1) is 0 Å². The lowest BCUT2D eigenvalue weighted by Gasteiger charge is -1.95. The molecule has 0 amide bonds. The number of hydrogen-bond acceptors (Lipinski definition) is 0. The highest BCUT2D eigenvalue weighted by molar-refractivity contribution is 7.27. The summed E-state index contributed by atoms with van der Waals surface area (Å²) >= 11 is 0. The minimum Gasteiger partial charge on any atom is -0.105 e. The molecular weight excluding hydrogens is 187 g/mol. The summed E-state index contributed by atoms with van der Waals surface area (Å²) in [4.78, 5) is 0. The molecular formula is C13H17P. The topological polar surface area (TPSA) is 0 Å². The van der Waals surface area contributed by atoms with Gasteiger partial charge in [0.15, 0.2) is 0 Å². The van der Waals surface area contributed by atoms with Crippen molar-refractivity contribution in [2.75, 3.05) is 0 Å². The Labute approximate surface area is 88.9 Å². The van der Waals surface area contributed by atoms with E-state index in [0.717, 1.165) is 0 Å². The number of hydrogen-bond donors (Lipinski definition) is 0. The van der Waals surface area contributed by atoms with E-state index in [-0.39, 0.29) is 0 Å². The predicted octanol–water partition coefficient (Wildman–Crippen LogP) is 3.24. The molecule has 0 saturated carbocycles. The molecule has 0 aliphatic carbocycles. The highest BCUT2D eigenvalue weighted by atomic mass is 31.0. The SMILES string of the molecule is Cc1ccccc(C)c(P)cc(C)c1. The Morgan fingerprint density at radius 2 is 1.50 bits per heavy atom. The van der Waals surface area contributed by atoms with Crippen LogP contribution in [0.5, 0.6) is 0 Å². The fourth-order valence-electron chi connectivity index (χ4n) is 1.31. The maximum Gasteiger partial charge on any atom is -0.0271 e. The van der Waals surface area contributed by atoms with Crippen LogP contribution in [0.15, 0.2) is 36.4 Å². The summed E-state index contributed by atoms with van der Waals surface area (Å²) in [5.41, 5.74) is 3.85. The van der Waals surface area contributed by atoms with Gasteiger partial charge in [0.1, 0.15) is 0 Å². The van der Waals surface area contributed by atoms with Gasteiger partial charge in [-0.15, -0.1) is 9.24 Å². The van der Waals surface area contributed by atoms with Crippen LogP contribution in [0.2, 0.25) is 0 Å². The second kappa shape index (κ2) is 5.12. The van der Waals surface area contributed by atoms with E-state index in [4.69, 9.17) is 0 Å². The molecule has 0 aromatic heterocycles. The van der Waals surface area contributed by atoms with Crippen LogP contribution in [0.25, 0.3) is 0 Å². The lowest BCUT2D eigenvalue weighted by Crippen LogP contribution is -1.93. The third-order valence-electron chi connectivity index (χ3n) is 2.11. The smallest absolute Gasteiger partial charge is 0.0271 e. The largest absolute Gasteiger partial charge is 0.105 e. The summed E-state index contributed by atoms with van der Waals surface area (Å²) in [6.45, 7) is 6.36. The van der Waals surface area contributed by atoms with E-state index < -0.39 is 0 Å². The Morgan fingerprint density at radius 1 is 0.857 bits per heavy atom. The van der Waals surface area contributed by atoms with Crippen LogP contribution in [0.4, 0.5) is 0 Å². The minimum absolute atomic E-state index is 1.25. The molecule has 0 nitrogen and oxygen atoms in total. The van der Waals surface area contributed by atoms with Crippen molar-refractivity contribution in [2.24, 2.45) is 0 Å². The van der Waals surface area contributed by atoms with Gasteiger partial charge in [-0.3, -0.25) is 0 Å². The van der Waals surface area contributed by atoms with Crippen LogP contribution in [0.1, 0.15) is 16.7 Å². The first kappa shape index (κ1) is 11.2. The van der Waals surface area contributed by atoms with E-state index in [9.17, 15) is 0 Å². The van der Waals surface area contributed by atoms with E-state index in [2.05, 4.69) is 66.4 Å². The first-order valence-corrected chi connectivity index (χ1v) is 5.35. The molecule has 0 fully saturated rings. The summed E-state index contributed by atoms with van der Waals surface area (Å²) in [7, 11) is 2.78. The van der Waals surface area contributed by atoms with Gasteiger partial charge in [-0.1, -0.05) is 47.5 Å². The second-order valence-electron chi connectivity index (χ2n) is 3.63. The lowest BCUT2D eigenvalue weighted by atomic mass is 10.2. The molecule has 1 rings (SSSR count). The van der Waals surface area contributed by atoms with Crippen molar-refractivity contribution in [1.82, 2.24) is 0 Å². The zero-order chi connectivity index (χ0) is 10.6. The molecule has 74 valence electrons. The molecule has 1 atom stereocenters. The molecule has 1 aromatic carbocycles. The standard InChI is InChI=1S/C13H17P/c1-10-6-4-5-7-12(3)13(14)9-11(2)8-10/h4-9H,14H2,1-3H3. The van der Waals surface area contributed by atoms with Gasteiger partial charge in [0, 0.05) is 0 Å². The van der Waals surface area contributed by atoms with Crippen LogP contribution in [0, 0.1) is 20.8 Å². The Hall–Kier alpha value is -0.870. The van der Waals surface area contributed by atoms with E-state index in [0.29, 0.717) is 0 Å². The molecule has 0 saturated heterocycles. The second-order valence-corrected chi connectivity index (χ2v) is 4.26. The molecule has 0 spiro atoms. The molecule has 1 unspecified atom stereocenters. The average molecular weight is 204 g/mol. The van der Waals surface area contributed by atoms with Crippen molar-refractivity contribution in [3.8, 4) is 0 Å². The van der Waals surface area contributed by atoms with Crippen molar-refractivity contribution in [1.29, 1.82) is 0 Å². The zero-order valence-corrected chi connectivity index (χ0v) is 10.2. The Bertz CT molecular complexity index is 379. The van der Waals surface area contributed by atoms with Crippen LogP contribution in [-0.2, 0) is 0 Å². The molecule has 0 N–H and O–H groups in total. The van der Waals surface area contributed by atoms with Gasteiger partial charge >= 0.3 is 0 Å². The van der Waals surface area contributed by atoms with Crippen LogP contribution >= 0.6 is 9.24 Å².